The third kappa shape index (κ3) is 18.1. The fourth-order valence-corrected chi connectivity index (χ4v) is 0.553. The van der Waals surface area contributed by atoms with Crippen LogP contribution in [0.25, 0.3) is 0 Å². The molecule has 0 heterocycles. The predicted octanol–water partition coefficient (Wildman–Crippen LogP) is 3.81. The van der Waals surface area contributed by atoms with Crippen molar-refractivity contribution in [1.82, 2.24) is 0 Å². The van der Waals surface area contributed by atoms with Gasteiger partial charge in [0.15, 0.2) is 0 Å². The second-order valence-electron chi connectivity index (χ2n) is 1.29. The third-order valence-electron chi connectivity index (χ3n) is 0.405. The van der Waals surface area contributed by atoms with Crippen molar-refractivity contribution in [3.05, 3.63) is 23.0 Å². The van der Waals surface area contributed by atoms with Gasteiger partial charge in [-0.15, -0.1) is 11.8 Å². The van der Waals surface area contributed by atoms with Gasteiger partial charge in [-0.25, -0.2) is 0 Å². The van der Waals surface area contributed by atoms with Gasteiger partial charge in [-0.1, -0.05) is 26.5 Å². The Bertz CT molecular complexity index is 82.6. The van der Waals surface area contributed by atoms with E-state index in [0.717, 1.165) is 4.91 Å². The van der Waals surface area contributed by atoms with E-state index in [1.165, 1.54) is 0 Å². The van der Waals surface area contributed by atoms with Crippen LogP contribution in [0, 0.1) is 0 Å². The van der Waals surface area contributed by atoms with Crippen molar-refractivity contribution in [2.75, 3.05) is 0 Å². The molecule has 0 atom stereocenters. The quantitative estimate of drug-likeness (QED) is 0.568. The summed E-state index contributed by atoms with van der Waals surface area (Å²) in [6, 6.07) is 0. The lowest BCUT2D eigenvalue weighted by molar-refractivity contribution is 1.50. The first-order valence-electron chi connectivity index (χ1n) is 3.20. The summed E-state index contributed by atoms with van der Waals surface area (Å²) in [5.74, 6) is 0. The van der Waals surface area contributed by atoms with E-state index >= 15 is 0 Å². The van der Waals surface area contributed by atoms with Gasteiger partial charge in [0, 0.05) is 0 Å². The monoisotopic (exact) mass is 144 g/mol. The van der Waals surface area contributed by atoms with Crippen molar-refractivity contribution in [1.29, 1.82) is 0 Å². The molecule has 0 saturated carbocycles. The predicted molar refractivity (Wildman–Crippen MR) is 48.6 cm³/mol. The highest BCUT2D eigenvalue weighted by atomic mass is 32.2. The van der Waals surface area contributed by atoms with Crippen LogP contribution in [0.4, 0.5) is 0 Å². The molecule has 54 valence electrons. The summed E-state index contributed by atoms with van der Waals surface area (Å²) in [5.41, 5.74) is 0. The van der Waals surface area contributed by atoms with Crippen LogP contribution in [0.5, 0.6) is 0 Å². The van der Waals surface area contributed by atoms with E-state index in [4.69, 9.17) is 0 Å². The van der Waals surface area contributed by atoms with Gasteiger partial charge in [0.2, 0.25) is 0 Å². The molecule has 0 bridgehead atoms. The zero-order valence-corrected chi connectivity index (χ0v) is 7.59. The van der Waals surface area contributed by atoms with Crippen LogP contribution >= 0.6 is 11.8 Å². The molecular formula is C8H16S. The number of hydrogen-bond acceptors (Lipinski definition) is 1. The van der Waals surface area contributed by atoms with E-state index in [-0.39, 0.29) is 0 Å². The summed E-state index contributed by atoms with van der Waals surface area (Å²) < 4.78 is 0. The summed E-state index contributed by atoms with van der Waals surface area (Å²) in [6.45, 7) is 11.7. The summed E-state index contributed by atoms with van der Waals surface area (Å²) >= 11 is 1.66. The molecular weight excluding hydrogens is 128 g/mol. The van der Waals surface area contributed by atoms with Crippen LogP contribution in [0.2, 0.25) is 0 Å². The Morgan fingerprint density at radius 3 is 2.00 bits per heavy atom. The first-order valence-corrected chi connectivity index (χ1v) is 4.08. The molecule has 0 aliphatic rings. The van der Waals surface area contributed by atoms with Crippen LogP contribution in [-0.4, -0.2) is 0 Å². The molecule has 0 rings (SSSR count). The molecule has 0 spiro atoms. The minimum atomic E-state index is 1.14. The normalized spacial score (nSPS) is 8.44. The Morgan fingerprint density at radius 2 is 1.89 bits per heavy atom. The minimum absolute atomic E-state index is 1.14. The molecule has 0 nitrogen and oxygen atoms in total. The molecule has 0 aliphatic carbocycles. The Balaban J connectivity index is 0. The van der Waals surface area contributed by atoms with Gasteiger partial charge in [0.1, 0.15) is 0 Å². The van der Waals surface area contributed by atoms with E-state index in [2.05, 4.69) is 6.58 Å². The molecule has 0 aromatic carbocycles. The van der Waals surface area contributed by atoms with Crippen LogP contribution < -0.4 is 0 Å². The van der Waals surface area contributed by atoms with Crippen molar-refractivity contribution in [3.8, 4) is 0 Å². The van der Waals surface area contributed by atoms with Gasteiger partial charge in [0.05, 0.1) is 0 Å². The molecule has 0 radical (unpaired) electrons. The molecule has 0 aromatic rings. The fraction of sp³-hybridized carbons (Fsp3) is 0.500. The average molecular weight is 144 g/mol. The van der Waals surface area contributed by atoms with Gasteiger partial charge in [0.25, 0.3) is 0 Å². The number of hydrogen-bond donors (Lipinski definition) is 0. The van der Waals surface area contributed by atoms with E-state index in [1.807, 2.05) is 39.2 Å². The highest BCUT2D eigenvalue weighted by molar-refractivity contribution is 8.05. The number of rotatable bonds is 2. The lowest BCUT2D eigenvalue weighted by atomic mass is 10.8. The Kier molecular flexibility index (Phi) is 13.9. The molecule has 0 amide bonds. The SMILES string of the molecule is C=C(C)S/C=C\C.CC. The van der Waals surface area contributed by atoms with Gasteiger partial charge in [-0.2, -0.15) is 0 Å². The van der Waals surface area contributed by atoms with Crippen LogP contribution in [0.3, 0.4) is 0 Å². The lowest BCUT2D eigenvalue weighted by Gasteiger charge is -1.84. The van der Waals surface area contributed by atoms with E-state index in [9.17, 15) is 0 Å². The zero-order chi connectivity index (χ0) is 7.70. The first kappa shape index (κ1) is 11.6. The zero-order valence-electron chi connectivity index (χ0n) is 6.77. The molecule has 0 N–H and O–H groups in total. The second kappa shape index (κ2) is 10.7. The van der Waals surface area contributed by atoms with Gasteiger partial charge >= 0.3 is 0 Å². The fourth-order valence-electron chi connectivity index (χ4n) is 0.184. The summed E-state index contributed by atoms with van der Waals surface area (Å²) in [6.07, 6.45) is 2.00. The molecule has 0 aliphatic heterocycles. The Hall–Kier alpha value is -0.170. The van der Waals surface area contributed by atoms with Crippen LogP contribution in [-0.2, 0) is 0 Å². The van der Waals surface area contributed by atoms with Gasteiger partial charge in [-0.05, 0) is 24.2 Å². The molecule has 9 heavy (non-hydrogen) atoms. The van der Waals surface area contributed by atoms with Crippen molar-refractivity contribution >= 4 is 11.8 Å². The van der Waals surface area contributed by atoms with Gasteiger partial charge in [-0.3, -0.25) is 0 Å². The number of thioether (sulfide) groups is 1. The van der Waals surface area contributed by atoms with Crippen molar-refractivity contribution < 1.29 is 0 Å². The first-order chi connectivity index (χ1) is 4.27. The minimum Gasteiger partial charge on any atom is -0.104 e. The van der Waals surface area contributed by atoms with E-state index < -0.39 is 0 Å². The van der Waals surface area contributed by atoms with Crippen molar-refractivity contribution in [2.24, 2.45) is 0 Å². The van der Waals surface area contributed by atoms with Gasteiger partial charge < -0.3 is 0 Å². The molecule has 0 unspecified atom stereocenters. The van der Waals surface area contributed by atoms with Crippen LogP contribution in [0.1, 0.15) is 27.7 Å². The van der Waals surface area contributed by atoms with E-state index in [0.29, 0.717) is 0 Å². The third-order valence-corrected chi connectivity index (χ3v) is 1.22. The molecule has 0 saturated heterocycles. The molecule has 0 aromatic heterocycles. The summed E-state index contributed by atoms with van der Waals surface area (Å²) in [4.78, 5) is 1.14. The average Bonchev–Trinajstić information content (AvgIpc) is 1.88. The lowest BCUT2D eigenvalue weighted by Crippen LogP contribution is -1.51. The smallest absolute Gasteiger partial charge is 0.0211 e. The molecule has 1 heteroatoms. The van der Waals surface area contributed by atoms with Crippen LogP contribution in [0.15, 0.2) is 23.0 Å². The number of allylic oxidation sites excluding steroid dienone is 2. The molecule has 0 fully saturated rings. The second-order valence-corrected chi connectivity index (χ2v) is 2.49. The topological polar surface area (TPSA) is 0 Å². The van der Waals surface area contributed by atoms with Crippen molar-refractivity contribution in [3.63, 3.8) is 0 Å². The summed E-state index contributed by atoms with van der Waals surface area (Å²) in [7, 11) is 0. The highest BCUT2D eigenvalue weighted by Crippen LogP contribution is 2.11. The van der Waals surface area contributed by atoms with E-state index in [1.54, 1.807) is 11.8 Å². The Labute approximate surface area is 63.0 Å². The largest absolute Gasteiger partial charge is 0.104 e. The maximum absolute atomic E-state index is 3.70. The maximum atomic E-state index is 3.70. The highest BCUT2D eigenvalue weighted by Gasteiger charge is 1.73. The standard InChI is InChI=1S/C6H10S.C2H6/c1-4-5-7-6(2)3;1-2/h4-5H,2H2,1,3H3;1-2H3/b5-4-;. The van der Waals surface area contributed by atoms with Crippen molar-refractivity contribution in [2.45, 2.75) is 27.7 Å². The summed E-state index contributed by atoms with van der Waals surface area (Å²) in [5, 5.41) is 2.02. The maximum Gasteiger partial charge on any atom is -0.0211 e. The Morgan fingerprint density at radius 1 is 1.44 bits per heavy atom.